The highest BCUT2D eigenvalue weighted by Gasteiger charge is 2.55. The molecule has 2 aromatic heterocycles. The van der Waals surface area contributed by atoms with Gasteiger partial charge in [-0.3, -0.25) is 4.79 Å². The smallest absolute Gasteiger partial charge is 0.459 e. The number of nitrogens with zero attached hydrogens (tertiary/aromatic N) is 3. The Balaban J connectivity index is 1.57. The van der Waals surface area contributed by atoms with Gasteiger partial charge in [-0.2, -0.15) is 5.10 Å². The van der Waals surface area contributed by atoms with E-state index < -0.39 is 51.2 Å². The number of nitrogen functional groups attached to an aromatic ring is 1. The molecule has 3 aromatic rings. The maximum absolute atomic E-state index is 14.5. The van der Waals surface area contributed by atoms with Gasteiger partial charge >= 0.3 is 14.2 Å². The zero-order valence-electron chi connectivity index (χ0n) is 18.7. The van der Waals surface area contributed by atoms with Crippen LogP contribution in [-0.4, -0.2) is 45.6 Å². The van der Waals surface area contributed by atoms with Gasteiger partial charge in [0, 0.05) is 11.0 Å². The summed E-state index contributed by atoms with van der Waals surface area (Å²) in [6.45, 7) is 1.84. The quantitative estimate of drug-likeness (QED) is 0.351. The minimum Gasteiger partial charge on any atom is -0.459 e. The molecule has 0 amide bonds. The summed E-state index contributed by atoms with van der Waals surface area (Å²) in [6, 6.07) is 11.9. The second-order valence-electron chi connectivity index (χ2n) is 8.22. The molecule has 0 bridgehead atoms. The average molecular weight is 491 g/mol. The van der Waals surface area contributed by atoms with Gasteiger partial charge in [0.15, 0.2) is 17.2 Å². The summed E-state index contributed by atoms with van der Waals surface area (Å²) in [5.41, 5.74) is 5.36. The molecule has 1 fully saturated rings. The van der Waals surface area contributed by atoms with E-state index in [1.165, 1.54) is 6.33 Å². The third kappa shape index (κ3) is 4.86. The van der Waals surface area contributed by atoms with Crippen LogP contribution in [0.25, 0.3) is 5.52 Å². The minimum atomic E-state index is -2.63. The Kier molecular flexibility index (Phi) is 7.06. The highest BCUT2D eigenvalue weighted by molar-refractivity contribution is 7.33. The maximum atomic E-state index is 14.5. The van der Waals surface area contributed by atoms with Gasteiger partial charge in [0.1, 0.15) is 37.3 Å². The first-order valence-corrected chi connectivity index (χ1v) is 11.8. The molecule has 3 heterocycles. The average Bonchev–Trinajstić information content (AvgIpc) is 3.41. The first kappa shape index (κ1) is 24.0. The summed E-state index contributed by atoms with van der Waals surface area (Å²) in [7, 11) is -2.63. The van der Waals surface area contributed by atoms with Crippen LogP contribution in [0.5, 0.6) is 5.75 Å². The number of aromatic nitrogens is 3. The number of hydrogen-bond acceptors (Lipinski definition) is 9. The van der Waals surface area contributed by atoms with E-state index in [4.69, 9.17) is 24.3 Å². The van der Waals surface area contributed by atoms with Crippen LogP contribution < -0.4 is 10.3 Å². The van der Waals surface area contributed by atoms with Gasteiger partial charge in [0.05, 0.1) is 11.6 Å². The molecule has 1 unspecified atom stereocenters. The van der Waals surface area contributed by atoms with Gasteiger partial charge in [-0.1, -0.05) is 32.0 Å². The normalized spacial score (nSPS) is 22.8. The molecule has 10 nitrogen and oxygen atoms in total. The molecule has 180 valence electrons. The first-order chi connectivity index (χ1) is 16.3. The van der Waals surface area contributed by atoms with Crippen LogP contribution in [0.15, 0.2) is 48.8 Å². The summed E-state index contributed by atoms with van der Waals surface area (Å²) in [6.07, 6.45) is -0.261. The van der Waals surface area contributed by atoms with E-state index in [9.17, 15) is 13.8 Å². The van der Waals surface area contributed by atoms with Gasteiger partial charge in [-0.25, -0.2) is 18.4 Å². The van der Waals surface area contributed by atoms with E-state index in [1.54, 1.807) is 60.8 Å². The Morgan fingerprint density at radius 2 is 2.09 bits per heavy atom. The molecule has 0 aliphatic carbocycles. The number of para-hydroxylation sites is 1. The number of halogens is 1. The van der Waals surface area contributed by atoms with Gasteiger partial charge in [-0.05, 0) is 24.3 Å². The minimum absolute atomic E-state index is 0.137. The number of nitrogens with two attached hydrogens (primary N) is 1. The summed E-state index contributed by atoms with van der Waals surface area (Å²) in [5.74, 6) is -0.333. The van der Waals surface area contributed by atoms with Crippen molar-refractivity contribution >= 4 is 25.6 Å². The second-order valence-corrected chi connectivity index (χ2v) is 9.11. The molecular formula is C22H25FN4O6P+. The first-order valence-electron chi connectivity index (χ1n) is 10.7. The van der Waals surface area contributed by atoms with Gasteiger partial charge < -0.3 is 15.2 Å². The zero-order valence-corrected chi connectivity index (χ0v) is 19.6. The number of benzene rings is 1. The van der Waals surface area contributed by atoms with E-state index >= 15 is 0 Å². The Morgan fingerprint density at radius 1 is 1.32 bits per heavy atom. The molecule has 1 saturated heterocycles. The number of fused-ring (bicyclic) bond motifs is 1. The number of anilines is 1. The third-order valence-corrected chi connectivity index (χ3v) is 6.23. The van der Waals surface area contributed by atoms with Crippen molar-refractivity contribution in [2.45, 2.75) is 38.1 Å². The molecule has 0 spiro atoms. The fraction of sp³-hybridized carbons (Fsp3) is 0.409. The summed E-state index contributed by atoms with van der Waals surface area (Å²) in [5, 5.41) is 4.20. The number of carbonyl (C=O) groups excluding carboxylic acids is 1. The van der Waals surface area contributed by atoms with Crippen LogP contribution in [0, 0.1) is 5.92 Å². The number of esters is 1. The van der Waals surface area contributed by atoms with E-state index in [-0.39, 0.29) is 12.2 Å². The summed E-state index contributed by atoms with van der Waals surface area (Å²) >= 11 is 0. The predicted octanol–water partition coefficient (Wildman–Crippen LogP) is 3.80. The maximum Gasteiger partial charge on any atom is 0.750 e. The summed E-state index contributed by atoms with van der Waals surface area (Å²) < 4.78 is 50.8. The van der Waals surface area contributed by atoms with Crippen molar-refractivity contribution in [3.8, 4) is 5.75 Å². The third-order valence-electron chi connectivity index (χ3n) is 5.53. The Labute approximate surface area is 196 Å². The molecule has 0 saturated carbocycles. The van der Waals surface area contributed by atoms with Gasteiger partial charge in [-0.15, -0.1) is 4.52 Å². The van der Waals surface area contributed by atoms with Crippen LogP contribution >= 0.6 is 8.25 Å². The monoisotopic (exact) mass is 491 g/mol. The molecule has 4 rings (SSSR count). The van der Waals surface area contributed by atoms with Gasteiger partial charge in [0.2, 0.25) is 0 Å². The van der Waals surface area contributed by atoms with E-state index in [0.29, 0.717) is 17.0 Å². The molecule has 1 aliphatic heterocycles. The van der Waals surface area contributed by atoms with Crippen LogP contribution in [-0.2, 0) is 23.4 Å². The topological polar surface area (TPSA) is 127 Å². The Hall–Kier alpha value is -3.14. The Morgan fingerprint density at radius 3 is 2.79 bits per heavy atom. The fourth-order valence-electron chi connectivity index (χ4n) is 3.69. The van der Waals surface area contributed by atoms with E-state index in [1.807, 2.05) is 0 Å². The molecule has 1 aromatic carbocycles. The van der Waals surface area contributed by atoms with E-state index in [0.717, 1.165) is 0 Å². The SMILES string of the molecule is CC(C)C(=O)O[C@H]1C[C@H](c2ccc3c(N)ncnn23)O[C@]1(CF)CO[P+](=O)Oc1ccccc1. The lowest BCUT2D eigenvalue weighted by Crippen LogP contribution is -2.48. The molecule has 34 heavy (non-hydrogen) atoms. The summed E-state index contributed by atoms with van der Waals surface area (Å²) in [4.78, 5) is 16.3. The van der Waals surface area contributed by atoms with E-state index in [2.05, 4.69) is 10.1 Å². The predicted molar refractivity (Wildman–Crippen MR) is 120 cm³/mol. The van der Waals surface area contributed by atoms with Crippen LogP contribution in [0.2, 0.25) is 0 Å². The standard InChI is InChI=1S/C22H25FN4O6P/c1-14(2)21(28)31-19-10-18(16-8-9-17-20(24)25-13-26-27(16)17)32-22(19,11-23)12-30-34(29)33-15-6-4-3-5-7-15/h3-9,13-14,18-19H,10-12H2,1-2H3,(H2,24,25,26)/q+1/t18-,19+,22-/m1/s1. The highest BCUT2D eigenvalue weighted by atomic mass is 31.1. The van der Waals surface area contributed by atoms with Crippen LogP contribution in [0.1, 0.15) is 32.1 Å². The molecule has 4 atom stereocenters. The largest absolute Gasteiger partial charge is 0.750 e. The lowest BCUT2D eigenvalue weighted by molar-refractivity contribution is -0.170. The number of alkyl halides is 1. The van der Waals surface area contributed by atoms with Gasteiger partial charge in [0.25, 0.3) is 0 Å². The van der Waals surface area contributed by atoms with Crippen LogP contribution in [0.4, 0.5) is 10.2 Å². The number of carbonyl (C=O) groups is 1. The Bertz CT molecular complexity index is 1180. The van der Waals surface area contributed by atoms with Crippen molar-refractivity contribution in [3.05, 3.63) is 54.5 Å². The number of hydrogen-bond donors (Lipinski definition) is 1. The second kappa shape index (κ2) is 10.0. The lowest BCUT2D eigenvalue weighted by Gasteiger charge is -2.29. The van der Waals surface area contributed by atoms with Crippen molar-refractivity contribution < 1.29 is 32.3 Å². The number of ether oxygens (including phenoxy) is 2. The van der Waals surface area contributed by atoms with Crippen molar-refractivity contribution in [2.75, 3.05) is 19.0 Å². The lowest BCUT2D eigenvalue weighted by atomic mass is 9.98. The zero-order chi connectivity index (χ0) is 24.3. The molecule has 1 aliphatic rings. The highest BCUT2D eigenvalue weighted by Crippen LogP contribution is 2.44. The van der Waals surface area contributed by atoms with Crippen LogP contribution in [0.3, 0.4) is 0 Å². The molecular weight excluding hydrogens is 466 g/mol. The van der Waals surface area contributed by atoms with Crippen molar-refractivity contribution in [2.24, 2.45) is 5.92 Å². The van der Waals surface area contributed by atoms with Crippen molar-refractivity contribution in [1.29, 1.82) is 0 Å². The molecule has 2 N–H and O–H groups in total. The number of rotatable bonds is 9. The molecule has 12 heteroatoms. The molecule has 0 radical (unpaired) electrons. The van der Waals surface area contributed by atoms with Crippen molar-refractivity contribution in [1.82, 2.24) is 14.6 Å². The fourth-order valence-corrected chi connectivity index (χ4v) is 4.36. The van der Waals surface area contributed by atoms with Crippen molar-refractivity contribution in [3.63, 3.8) is 0 Å².